The summed E-state index contributed by atoms with van der Waals surface area (Å²) in [5.41, 5.74) is 2.03. The second-order valence-corrected chi connectivity index (χ2v) is 7.75. The smallest absolute Gasteiger partial charge is 0.321 e. The molecule has 2 heterocycles. The highest BCUT2D eigenvalue weighted by Crippen LogP contribution is 2.23. The van der Waals surface area contributed by atoms with E-state index in [1.54, 1.807) is 0 Å². The molecule has 0 unspecified atom stereocenters. The Morgan fingerprint density at radius 2 is 1.78 bits per heavy atom. The first kappa shape index (κ1) is 19.7. The van der Waals surface area contributed by atoms with Crippen LogP contribution in [-0.4, -0.2) is 60.1 Å². The number of urea groups is 1. The van der Waals surface area contributed by atoms with Crippen LogP contribution in [0.4, 0.5) is 10.5 Å². The van der Waals surface area contributed by atoms with Gasteiger partial charge in [-0.15, -0.1) is 0 Å². The highest BCUT2D eigenvalue weighted by atomic mass is 16.5. The molecule has 2 fully saturated rings. The zero-order valence-corrected chi connectivity index (χ0v) is 16.6. The number of ether oxygens (including phenoxy) is 1. The molecule has 0 spiro atoms. The van der Waals surface area contributed by atoms with Crippen molar-refractivity contribution in [3.05, 3.63) is 29.8 Å². The van der Waals surface area contributed by atoms with Crippen molar-refractivity contribution in [2.75, 3.05) is 31.5 Å². The molecule has 2 aliphatic rings. The van der Waals surface area contributed by atoms with E-state index in [-0.39, 0.29) is 30.1 Å². The summed E-state index contributed by atoms with van der Waals surface area (Å²) in [7, 11) is 0. The van der Waals surface area contributed by atoms with Gasteiger partial charge in [0.05, 0.1) is 12.2 Å². The number of nitrogens with one attached hydrogen (secondary N) is 1. The first-order chi connectivity index (χ1) is 13.0. The first-order valence-electron chi connectivity index (χ1n) is 10.1. The fourth-order valence-corrected chi connectivity index (χ4v) is 4.02. The van der Waals surface area contributed by atoms with Gasteiger partial charge in [0.25, 0.3) is 0 Å². The van der Waals surface area contributed by atoms with Gasteiger partial charge in [-0.1, -0.05) is 19.1 Å². The average Bonchev–Trinajstić information content (AvgIpc) is 2.67. The second-order valence-electron chi connectivity index (χ2n) is 7.75. The molecule has 1 aromatic rings. The van der Waals surface area contributed by atoms with Crippen LogP contribution in [0, 0.1) is 5.92 Å². The number of carbonyl (C=O) groups excluding carboxylic acids is 2. The number of nitrogens with zero attached hydrogens (tertiary/aromatic N) is 2. The summed E-state index contributed by atoms with van der Waals surface area (Å²) in [5, 5.41) is 2.98. The van der Waals surface area contributed by atoms with Gasteiger partial charge in [0.1, 0.15) is 0 Å². The molecule has 6 heteroatoms. The second kappa shape index (κ2) is 8.74. The SMILES string of the molecule is CCc1cccc(NC(=O)N2CCC(C(=O)N3C[C@H](C)O[C@@H](C)C3)CC2)c1. The van der Waals surface area contributed by atoms with E-state index in [1.165, 1.54) is 5.56 Å². The highest BCUT2D eigenvalue weighted by molar-refractivity contribution is 5.89. The number of morpholine rings is 1. The molecule has 148 valence electrons. The Bertz CT molecular complexity index is 660. The van der Waals surface area contributed by atoms with Gasteiger partial charge in [0, 0.05) is 37.8 Å². The molecule has 0 aromatic heterocycles. The lowest BCUT2D eigenvalue weighted by molar-refractivity contribution is -0.148. The van der Waals surface area contributed by atoms with Crippen LogP contribution in [0.15, 0.2) is 24.3 Å². The van der Waals surface area contributed by atoms with Crippen LogP contribution in [0.3, 0.4) is 0 Å². The number of piperidine rings is 1. The molecule has 0 bridgehead atoms. The fraction of sp³-hybridized carbons (Fsp3) is 0.619. The number of benzene rings is 1. The molecule has 0 radical (unpaired) electrons. The van der Waals surface area contributed by atoms with E-state index in [0.29, 0.717) is 26.2 Å². The molecule has 2 atom stereocenters. The zero-order valence-electron chi connectivity index (χ0n) is 16.6. The van der Waals surface area contributed by atoms with E-state index in [0.717, 1.165) is 24.9 Å². The van der Waals surface area contributed by atoms with Crippen molar-refractivity contribution in [3.63, 3.8) is 0 Å². The van der Waals surface area contributed by atoms with E-state index < -0.39 is 0 Å². The monoisotopic (exact) mass is 373 g/mol. The third-order valence-electron chi connectivity index (χ3n) is 5.45. The summed E-state index contributed by atoms with van der Waals surface area (Å²) in [6.07, 6.45) is 2.56. The summed E-state index contributed by atoms with van der Waals surface area (Å²) < 4.78 is 5.72. The molecule has 27 heavy (non-hydrogen) atoms. The topological polar surface area (TPSA) is 61.9 Å². The minimum Gasteiger partial charge on any atom is -0.372 e. The van der Waals surface area contributed by atoms with E-state index in [1.807, 2.05) is 41.8 Å². The molecule has 0 saturated carbocycles. The highest BCUT2D eigenvalue weighted by Gasteiger charge is 2.33. The molecule has 2 saturated heterocycles. The molecular formula is C21H31N3O3. The zero-order chi connectivity index (χ0) is 19.4. The quantitative estimate of drug-likeness (QED) is 0.885. The number of hydrogen-bond donors (Lipinski definition) is 1. The third-order valence-corrected chi connectivity index (χ3v) is 5.45. The molecule has 3 amide bonds. The Morgan fingerprint density at radius 1 is 1.11 bits per heavy atom. The van der Waals surface area contributed by atoms with Gasteiger partial charge in [0.2, 0.25) is 5.91 Å². The lowest BCUT2D eigenvalue weighted by atomic mass is 9.95. The Labute approximate surface area is 161 Å². The van der Waals surface area contributed by atoms with E-state index in [2.05, 4.69) is 18.3 Å². The van der Waals surface area contributed by atoms with Gasteiger partial charge in [-0.05, 0) is 50.8 Å². The van der Waals surface area contributed by atoms with Gasteiger partial charge >= 0.3 is 6.03 Å². The van der Waals surface area contributed by atoms with Gasteiger partial charge in [0.15, 0.2) is 0 Å². The number of amides is 3. The summed E-state index contributed by atoms with van der Waals surface area (Å²) in [5.74, 6) is 0.225. The van der Waals surface area contributed by atoms with Crippen LogP contribution in [0.5, 0.6) is 0 Å². The minimum absolute atomic E-state index is 0.00923. The van der Waals surface area contributed by atoms with Crippen LogP contribution in [0.2, 0.25) is 0 Å². The number of anilines is 1. The van der Waals surface area contributed by atoms with Gasteiger partial charge in [-0.2, -0.15) is 0 Å². The number of likely N-dealkylation sites (tertiary alicyclic amines) is 1. The van der Waals surface area contributed by atoms with Crippen LogP contribution in [0.1, 0.15) is 39.2 Å². The molecule has 1 N–H and O–H groups in total. The molecule has 1 aromatic carbocycles. The number of aryl methyl sites for hydroxylation is 1. The molecule has 3 rings (SSSR count). The molecule has 0 aliphatic carbocycles. The van der Waals surface area contributed by atoms with Crippen molar-refractivity contribution >= 4 is 17.6 Å². The lowest BCUT2D eigenvalue weighted by Gasteiger charge is -2.39. The normalized spacial score (nSPS) is 24.0. The fourth-order valence-electron chi connectivity index (χ4n) is 4.02. The van der Waals surface area contributed by atoms with Crippen LogP contribution in [-0.2, 0) is 16.0 Å². The van der Waals surface area contributed by atoms with Crippen molar-refractivity contribution in [1.82, 2.24) is 9.80 Å². The van der Waals surface area contributed by atoms with Crippen molar-refractivity contribution in [3.8, 4) is 0 Å². The standard InChI is InChI=1S/C21H31N3O3/c1-4-17-6-5-7-19(12-17)22-21(26)23-10-8-18(9-11-23)20(25)24-13-15(2)27-16(3)14-24/h5-7,12,15-16,18H,4,8-11,13-14H2,1-3H3,(H,22,26)/t15-,16-/m0/s1. The maximum atomic E-state index is 12.8. The number of carbonyl (C=O) groups is 2. The van der Waals surface area contributed by atoms with Crippen LogP contribution < -0.4 is 5.32 Å². The molecule has 6 nitrogen and oxygen atoms in total. The van der Waals surface area contributed by atoms with Gasteiger partial charge in [-0.3, -0.25) is 4.79 Å². The maximum Gasteiger partial charge on any atom is 0.321 e. The Hall–Kier alpha value is -2.08. The first-order valence-corrected chi connectivity index (χ1v) is 10.1. The molecular weight excluding hydrogens is 342 g/mol. The van der Waals surface area contributed by atoms with Crippen molar-refractivity contribution in [2.24, 2.45) is 5.92 Å². The summed E-state index contributed by atoms with van der Waals surface area (Å²) in [6, 6.07) is 7.86. The maximum absolute atomic E-state index is 12.8. The van der Waals surface area contributed by atoms with Gasteiger partial charge < -0.3 is 19.9 Å². The average molecular weight is 373 g/mol. The Balaban J connectivity index is 1.50. The Morgan fingerprint density at radius 3 is 2.41 bits per heavy atom. The van der Waals surface area contributed by atoms with Gasteiger partial charge in [-0.25, -0.2) is 4.79 Å². The van der Waals surface area contributed by atoms with E-state index >= 15 is 0 Å². The number of hydrogen-bond acceptors (Lipinski definition) is 3. The van der Waals surface area contributed by atoms with Crippen molar-refractivity contribution in [1.29, 1.82) is 0 Å². The van der Waals surface area contributed by atoms with E-state index in [4.69, 9.17) is 4.74 Å². The Kier molecular flexibility index (Phi) is 6.37. The predicted molar refractivity (Wildman–Crippen MR) is 106 cm³/mol. The van der Waals surface area contributed by atoms with Crippen molar-refractivity contribution in [2.45, 2.75) is 52.2 Å². The van der Waals surface area contributed by atoms with Crippen molar-refractivity contribution < 1.29 is 14.3 Å². The van der Waals surface area contributed by atoms with Crippen LogP contribution >= 0.6 is 0 Å². The van der Waals surface area contributed by atoms with E-state index in [9.17, 15) is 9.59 Å². The summed E-state index contributed by atoms with van der Waals surface area (Å²) >= 11 is 0. The predicted octanol–water partition coefficient (Wildman–Crippen LogP) is 3.13. The largest absolute Gasteiger partial charge is 0.372 e. The molecule has 2 aliphatic heterocycles. The van der Waals surface area contributed by atoms with Crippen LogP contribution in [0.25, 0.3) is 0 Å². The summed E-state index contributed by atoms with van der Waals surface area (Å²) in [4.78, 5) is 29.1. The summed E-state index contributed by atoms with van der Waals surface area (Å²) in [6.45, 7) is 8.68. The third kappa shape index (κ3) is 5.01. The lowest BCUT2D eigenvalue weighted by Crippen LogP contribution is -2.52. The minimum atomic E-state index is -0.0808. The number of rotatable bonds is 3.